The zero-order valence-corrected chi connectivity index (χ0v) is 13.1. The Hall–Kier alpha value is -1.28. The van der Waals surface area contributed by atoms with Crippen LogP contribution in [-0.2, 0) is 6.42 Å². The highest BCUT2D eigenvalue weighted by Crippen LogP contribution is 2.32. The minimum absolute atomic E-state index is 0.273. The highest BCUT2D eigenvalue weighted by Gasteiger charge is 2.20. The van der Waals surface area contributed by atoms with Crippen LogP contribution < -0.4 is 10.1 Å². The van der Waals surface area contributed by atoms with Crippen LogP contribution in [0.1, 0.15) is 62.6 Å². The fourth-order valence-corrected chi connectivity index (χ4v) is 3.45. The molecule has 0 aromatic heterocycles. The first kappa shape index (κ1) is 14.6. The van der Waals surface area contributed by atoms with Gasteiger partial charge < -0.3 is 10.1 Å². The van der Waals surface area contributed by atoms with Gasteiger partial charge in [0.05, 0.1) is 0 Å². The number of aryl methyl sites for hydroxylation is 1. The SMILES string of the molecule is CCCNC1CCCc2cc(OC3C=CCCC3)ccc21. The first-order valence-electron chi connectivity index (χ1n) is 8.56. The maximum absolute atomic E-state index is 6.13. The van der Waals surface area contributed by atoms with Crippen molar-refractivity contribution < 1.29 is 4.74 Å². The van der Waals surface area contributed by atoms with Gasteiger partial charge in [0, 0.05) is 6.04 Å². The molecule has 2 unspecified atom stereocenters. The lowest BCUT2D eigenvalue weighted by Gasteiger charge is -2.27. The summed E-state index contributed by atoms with van der Waals surface area (Å²) in [5.41, 5.74) is 2.97. The zero-order chi connectivity index (χ0) is 14.5. The van der Waals surface area contributed by atoms with Gasteiger partial charge >= 0.3 is 0 Å². The van der Waals surface area contributed by atoms with Crippen LogP contribution in [0.25, 0.3) is 0 Å². The van der Waals surface area contributed by atoms with Crippen LogP contribution in [0.15, 0.2) is 30.4 Å². The Bertz CT molecular complexity index is 494. The molecule has 1 aromatic carbocycles. The second-order valence-corrected chi connectivity index (χ2v) is 6.27. The van der Waals surface area contributed by atoms with Gasteiger partial charge in [0.1, 0.15) is 11.9 Å². The van der Waals surface area contributed by atoms with Gasteiger partial charge in [-0.05, 0) is 80.8 Å². The van der Waals surface area contributed by atoms with E-state index in [1.807, 2.05) is 0 Å². The van der Waals surface area contributed by atoms with E-state index in [4.69, 9.17) is 4.74 Å². The molecule has 0 amide bonds. The molecule has 2 aliphatic rings. The third-order valence-electron chi connectivity index (χ3n) is 4.57. The number of allylic oxidation sites excluding steroid dienone is 1. The van der Waals surface area contributed by atoms with Gasteiger partial charge in [-0.25, -0.2) is 0 Å². The molecule has 21 heavy (non-hydrogen) atoms. The Morgan fingerprint density at radius 3 is 3.00 bits per heavy atom. The van der Waals surface area contributed by atoms with Crippen molar-refractivity contribution in [1.29, 1.82) is 0 Å². The van der Waals surface area contributed by atoms with Gasteiger partial charge in [0.25, 0.3) is 0 Å². The van der Waals surface area contributed by atoms with E-state index in [-0.39, 0.29) is 6.10 Å². The summed E-state index contributed by atoms with van der Waals surface area (Å²) >= 11 is 0. The number of rotatable bonds is 5. The molecule has 114 valence electrons. The number of nitrogens with one attached hydrogen (secondary N) is 1. The second kappa shape index (κ2) is 7.13. The summed E-state index contributed by atoms with van der Waals surface area (Å²) in [5, 5.41) is 3.68. The van der Waals surface area contributed by atoms with E-state index >= 15 is 0 Å². The molecule has 0 bridgehead atoms. The Balaban J connectivity index is 1.71. The maximum atomic E-state index is 6.13. The molecular weight excluding hydrogens is 258 g/mol. The molecule has 0 spiro atoms. The van der Waals surface area contributed by atoms with Crippen LogP contribution in [0.5, 0.6) is 5.75 Å². The molecule has 2 nitrogen and oxygen atoms in total. The Labute approximate surface area is 128 Å². The van der Waals surface area contributed by atoms with E-state index in [0.717, 1.165) is 18.7 Å². The lowest BCUT2D eigenvalue weighted by atomic mass is 9.87. The standard InChI is InChI=1S/C19H27NO/c1-2-13-20-19-10-6-7-15-14-17(11-12-18(15)19)21-16-8-4-3-5-9-16/h4,8,11-12,14,16,19-20H,2-3,5-7,9-10,13H2,1H3. The highest BCUT2D eigenvalue weighted by molar-refractivity contribution is 5.39. The number of hydrogen-bond acceptors (Lipinski definition) is 2. The average molecular weight is 285 g/mol. The lowest BCUT2D eigenvalue weighted by molar-refractivity contribution is 0.229. The summed E-state index contributed by atoms with van der Waals surface area (Å²) in [6, 6.07) is 7.26. The van der Waals surface area contributed by atoms with E-state index in [1.165, 1.54) is 49.7 Å². The molecule has 2 atom stereocenters. The van der Waals surface area contributed by atoms with Crippen LogP contribution in [0.2, 0.25) is 0 Å². The molecule has 0 radical (unpaired) electrons. The fourth-order valence-electron chi connectivity index (χ4n) is 3.45. The van der Waals surface area contributed by atoms with E-state index in [9.17, 15) is 0 Å². The topological polar surface area (TPSA) is 21.3 Å². The molecule has 2 aliphatic carbocycles. The van der Waals surface area contributed by atoms with Crippen LogP contribution in [-0.4, -0.2) is 12.6 Å². The van der Waals surface area contributed by atoms with Crippen molar-refractivity contribution in [2.45, 2.75) is 64.0 Å². The van der Waals surface area contributed by atoms with Crippen molar-refractivity contribution in [2.24, 2.45) is 0 Å². The van der Waals surface area contributed by atoms with E-state index in [0.29, 0.717) is 6.04 Å². The zero-order valence-electron chi connectivity index (χ0n) is 13.1. The van der Waals surface area contributed by atoms with E-state index < -0.39 is 0 Å². The van der Waals surface area contributed by atoms with Crippen molar-refractivity contribution in [3.05, 3.63) is 41.5 Å². The van der Waals surface area contributed by atoms with Crippen LogP contribution in [0.3, 0.4) is 0 Å². The first-order valence-corrected chi connectivity index (χ1v) is 8.56. The average Bonchev–Trinajstić information content (AvgIpc) is 2.53. The normalized spacial score (nSPS) is 24.6. The Morgan fingerprint density at radius 1 is 1.24 bits per heavy atom. The van der Waals surface area contributed by atoms with E-state index in [2.05, 4.69) is 42.6 Å². The third kappa shape index (κ3) is 3.68. The van der Waals surface area contributed by atoms with Crippen molar-refractivity contribution in [2.75, 3.05) is 6.54 Å². The fraction of sp³-hybridized carbons (Fsp3) is 0.579. The molecule has 1 N–H and O–H groups in total. The highest BCUT2D eigenvalue weighted by atomic mass is 16.5. The Kier molecular flexibility index (Phi) is 4.97. The molecule has 0 saturated carbocycles. The summed E-state index contributed by atoms with van der Waals surface area (Å²) in [4.78, 5) is 0. The molecule has 0 fully saturated rings. The van der Waals surface area contributed by atoms with Crippen molar-refractivity contribution in [1.82, 2.24) is 5.32 Å². The van der Waals surface area contributed by atoms with Crippen LogP contribution in [0, 0.1) is 0 Å². The molecule has 3 rings (SSSR count). The van der Waals surface area contributed by atoms with Crippen molar-refractivity contribution in [3.63, 3.8) is 0 Å². The smallest absolute Gasteiger partial charge is 0.120 e. The van der Waals surface area contributed by atoms with Gasteiger partial charge in [-0.2, -0.15) is 0 Å². The summed E-state index contributed by atoms with van der Waals surface area (Å²) < 4.78 is 6.13. The number of hydrogen-bond donors (Lipinski definition) is 1. The van der Waals surface area contributed by atoms with Gasteiger partial charge in [-0.15, -0.1) is 0 Å². The summed E-state index contributed by atoms with van der Waals surface area (Å²) in [6.45, 7) is 3.33. The third-order valence-corrected chi connectivity index (χ3v) is 4.57. The predicted molar refractivity (Wildman–Crippen MR) is 87.8 cm³/mol. The van der Waals surface area contributed by atoms with E-state index in [1.54, 1.807) is 0 Å². The van der Waals surface area contributed by atoms with Gasteiger partial charge in [0.15, 0.2) is 0 Å². The van der Waals surface area contributed by atoms with Crippen LogP contribution >= 0.6 is 0 Å². The largest absolute Gasteiger partial charge is 0.486 e. The molecule has 0 heterocycles. The minimum Gasteiger partial charge on any atom is -0.486 e. The molecule has 1 aromatic rings. The van der Waals surface area contributed by atoms with Crippen molar-refractivity contribution in [3.8, 4) is 5.75 Å². The van der Waals surface area contributed by atoms with Crippen LogP contribution in [0.4, 0.5) is 0 Å². The maximum Gasteiger partial charge on any atom is 0.120 e. The van der Waals surface area contributed by atoms with Crippen molar-refractivity contribution >= 4 is 0 Å². The summed E-state index contributed by atoms with van der Waals surface area (Å²) in [6.07, 6.45) is 13.3. The Morgan fingerprint density at radius 2 is 2.19 bits per heavy atom. The summed E-state index contributed by atoms with van der Waals surface area (Å²) in [7, 11) is 0. The van der Waals surface area contributed by atoms with Gasteiger partial charge in [0.2, 0.25) is 0 Å². The van der Waals surface area contributed by atoms with Gasteiger partial charge in [-0.3, -0.25) is 0 Å². The second-order valence-electron chi connectivity index (χ2n) is 6.27. The summed E-state index contributed by atoms with van der Waals surface area (Å²) in [5.74, 6) is 1.04. The minimum atomic E-state index is 0.273. The molecular formula is C19H27NO. The number of fused-ring (bicyclic) bond motifs is 1. The predicted octanol–water partition coefficient (Wildman–Crippen LogP) is 4.55. The first-order chi connectivity index (χ1) is 10.4. The lowest BCUT2D eigenvalue weighted by Crippen LogP contribution is -2.26. The molecule has 2 heteroatoms. The molecule has 0 saturated heterocycles. The number of benzene rings is 1. The molecule has 0 aliphatic heterocycles. The van der Waals surface area contributed by atoms with Gasteiger partial charge in [-0.1, -0.05) is 19.1 Å². The quantitative estimate of drug-likeness (QED) is 0.801. The number of ether oxygens (including phenoxy) is 1. The monoisotopic (exact) mass is 285 g/mol.